The molecule has 0 bridgehead atoms. The number of hydrogen-bond acceptors (Lipinski definition) is 2. The van der Waals surface area contributed by atoms with Crippen LogP contribution in [0.25, 0.3) is 0 Å². The number of ether oxygens (including phenoxy) is 1. The fourth-order valence-electron chi connectivity index (χ4n) is 1.16. The van der Waals surface area contributed by atoms with Gasteiger partial charge in [0.25, 0.3) is 0 Å². The minimum atomic E-state index is 0.228. The number of hydrogen-bond donors (Lipinski definition) is 0. The Labute approximate surface area is 73.6 Å². The molecule has 0 aromatic heterocycles. The van der Waals surface area contributed by atoms with Crippen molar-refractivity contribution in [2.45, 2.75) is 45.6 Å². The summed E-state index contributed by atoms with van der Waals surface area (Å²) in [5.41, 5.74) is 0.871. The van der Waals surface area contributed by atoms with Crippen LogP contribution >= 0.6 is 0 Å². The normalized spacial score (nSPS) is 23.2. The molecule has 68 valence electrons. The SMILES string of the molecule is CCC(C)O/C=C1/CCCC1=O. The van der Waals surface area contributed by atoms with Crippen LogP contribution in [0, 0.1) is 0 Å². The molecule has 1 aliphatic rings. The van der Waals surface area contributed by atoms with E-state index in [0.29, 0.717) is 6.42 Å². The Morgan fingerprint density at radius 3 is 2.83 bits per heavy atom. The second kappa shape index (κ2) is 4.29. The van der Waals surface area contributed by atoms with Gasteiger partial charge in [0.1, 0.15) is 0 Å². The molecule has 0 aliphatic heterocycles. The lowest BCUT2D eigenvalue weighted by Gasteiger charge is -2.07. The Morgan fingerprint density at radius 2 is 2.33 bits per heavy atom. The Hall–Kier alpha value is -0.790. The third-order valence-electron chi connectivity index (χ3n) is 2.23. The van der Waals surface area contributed by atoms with Crippen LogP contribution in [0.3, 0.4) is 0 Å². The van der Waals surface area contributed by atoms with Crippen molar-refractivity contribution in [1.29, 1.82) is 0 Å². The van der Waals surface area contributed by atoms with E-state index in [0.717, 1.165) is 24.8 Å². The van der Waals surface area contributed by atoms with Gasteiger partial charge in [-0.3, -0.25) is 4.79 Å². The maximum absolute atomic E-state index is 11.1. The van der Waals surface area contributed by atoms with Crippen LogP contribution < -0.4 is 0 Å². The van der Waals surface area contributed by atoms with Gasteiger partial charge in [0.05, 0.1) is 12.4 Å². The smallest absolute Gasteiger partial charge is 0.161 e. The average molecular weight is 168 g/mol. The van der Waals surface area contributed by atoms with Crippen LogP contribution in [0.2, 0.25) is 0 Å². The highest BCUT2D eigenvalue weighted by Gasteiger charge is 2.17. The molecule has 1 unspecified atom stereocenters. The van der Waals surface area contributed by atoms with E-state index in [1.54, 1.807) is 6.26 Å². The molecular formula is C10H16O2. The maximum atomic E-state index is 11.1. The van der Waals surface area contributed by atoms with Crippen molar-refractivity contribution >= 4 is 5.78 Å². The molecule has 0 aromatic carbocycles. The van der Waals surface area contributed by atoms with Crippen LogP contribution in [-0.4, -0.2) is 11.9 Å². The molecule has 0 N–H and O–H groups in total. The van der Waals surface area contributed by atoms with E-state index < -0.39 is 0 Å². The highest BCUT2D eigenvalue weighted by atomic mass is 16.5. The van der Waals surface area contributed by atoms with E-state index in [1.165, 1.54) is 0 Å². The summed E-state index contributed by atoms with van der Waals surface area (Å²) in [5, 5.41) is 0. The number of carbonyl (C=O) groups excluding carboxylic acids is 1. The molecular weight excluding hydrogens is 152 g/mol. The summed E-state index contributed by atoms with van der Waals surface area (Å²) in [6.45, 7) is 4.08. The average Bonchev–Trinajstić information content (AvgIpc) is 2.47. The predicted molar refractivity (Wildman–Crippen MR) is 47.8 cm³/mol. The number of ketones is 1. The Bertz CT molecular complexity index is 194. The molecule has 0 amide bonds. The first-order chi connectivity index (χ1) is 5.74. The third-order valence-corrected chi connectivity index (χ3v) is 2.23. The van der Waals surface area contributed by atoms with Crippen LogP contribution in [0.5, 0.6) is 0 Å². The van der Waals surface area contributed by atoms with Gasteiger partial charge in [-0.05, 0) is 26.2 Å². The minimum absolute atomic E-state index is 0.228. The topological polar surface area (TPSA) is 26.3 Å². The molecule has 1 fully saturated rings. The molecule has 1 atom stereocenters. The molecule has 0 spiro atoms. The monoisotopic (exact) mass is 168 g/mol. The first kappa shape index (κ1) is 9.30. The molecule has 1 aliphatic carbocycles. The lowest BCUT2D eigenvalue weighted by atomic mass is 10.2. The van der Waals surface area contributed by atoms with E-state index >= 15 is 0 Å². The van der Waals surface area contributed by atoms with Crippen molar-refractivity contribution in [2.24, 2.45) is 0 Å². The van der Waals surface area contributed by atoms with Gasteiger partial charge in [-0.2, -0.15) is 0 Å². The molecule has 2 heteroatoms. The van der Waals surface area contributed by atoms with Gasteiger partial charge in [0, 0.05) is 12.0 Å². The van der Waals surface area contributed by atoms with E-state index in [2.05, 4.69) is 6.92 Å². The number of Topliss-reactive ketones (excluding diaryl/α,β-unsaturated/α-hetero) is 1. The van der Waals surface area contributed by atoms with Crippen molar-refractivity contribution in [3.05, 3.63) is 11.8 Å². The summed E-state index contributed by atoms with van der Waals surface area (Å²) < 4.78 is 5.36. The van der Waals surface area contributed by atoms with Gasteiger partial charge in [0.15, 0.2) is 5.78 Å². The van der Waals surface area contributed by atoms with Gasteiger partial charge in [0.2, 0.25) is 0 Å². The molecule has 2 nitrogen and oxygen atoms in total. The lowest BCUT2D eigenvalue weighted by molar-refractivity contribution is -0.114. The summed E-state index contributed by atoms with van der Waals surface area (Å²) >= 11 is 0. The van der Waals surface area contributed by atoms with Gasteiger partial charge >= 0.3 is 0 Å². The third kappa shape index (κ3) is 2.36. The van der Waals surface area contributed by atoms with Crippen LogP contribution in [0.15, 0.2) is 11.8 Å². The second-order valence-corrected chi connectivity index (χ2v) is 3.27. The van der Waals surface area contributed by atoms with Crippen molar-refractivity contribution in [3.8, 4) is 0 Å². The summed E-state index contributed by atoms with van der Waals surface area (Å²) in [5.74, 6) is 0.262. The number of carbonyl (C=O) groups is 1. The standard InChI is InChI=1S/C10H16O2/c1-3-8(2)12-7-9-5-4-6-10(9)11/h7-8H,3-6H2,1-2H3/b9-7-. The van der Waals surface area contributed by atoms with Crippen LogP contribution in [0.1, 0.15) is 39.5 Å². The van der Waals surface area contributed by atoms with Crippen molar-refractivity contribution in [1.82, 2.24) is 0 Å². The lowest BCUT2D eigenvalue weighted by Crippen LogP contribution is -2.02. The summed E-state index contributed by atoms with van der Waals surface area (Å²) in [6.07, 6.45) is 5.46. The molecule has 0 aromatic rings. The van der Waals surface area contributed by atoms with E-state index in [-0.39, 0.29) is 11.9 Å². The van der Waals surface area contributed by atoms with Gasteiger partial charge in [-0.1, -0.05) is 6.92 Å². The fraction of sp³-hybridized carbons (Fsp3) is 0.700. The quantitative estimate of drug-likeness (QED) is 0.478. The Morgan fingerprint density at radius 1 is 1.58 bits per heavy atom. The van der Waals surface area contributed by atoms with Gasteiger partial charge < -0.3 is 4.74 Å². The Kier molecular flexibility index (Phi) is 3.32. The molecule has 1 rings (SSSR count). The first-order valence-electron chi connectivity index (χ1n) is 4.61. The zero-order valence-electron chi connectivity index (χ0n) is 7.80. The summed E-state index contributed by atoms with van der Waals surface area (Å²) in [4.78, 5) is 11.1. The van der Waals surface area contributed by atoms with Crippen molar-refractivity contribution in [2.75, 3.05) is 0 Å². The second-order valence-electron chi connectivity index (χ2n) is 3.27. The van der Waals surface area contributed by atoms with Crippen molar-refractivity contribution in [3.63, 3.8) is 0 Å². The largest absolute Gasteiger partial charge is 0.498 e. The highest BCUT2D eigenvalue weighted by molar-refractivity contribution is 5.97. The zero-order valence-corrected chi connectivity index (χ0v) is 7.80. The number of allylic oxidation sites excluding steroid dienone is 1. The molecule has 1 saturated carbocycles. The van der Waals surface area contributed by atoms with E-state index in [4.69, 9.17) is 4.74 Å². The fourth-order valence-corrected chi connectivity index (χ4v) is 1.16. The van der Waals surface area contributed by atoms with E-state index in [9.17, 15) is 4.79 Å². The first-order valence-corrected chi connectivity index (χ1v) is 4.61. The van der Waals surface area contributed by atoms with E-state index in [1.807, 2.05) is 6.92 Å². The van der Waals surface area contributed by atoms with Gasteiger partial charge in [-0.25, -0.2) is 0 Å². The predicted octanol–water partition coefficient (Wildman–Crippen LogP) is 2.44. The summed E-state index contributed by atoms with van der Waals surface area (Å²) in [6, 6.07) is 0. The summed E-state index contributed by atoms with van der Waals surface area (Å²) in [7, 11) is 0. The van der Waals surface area contributed by atoms with Crippen LogP contribution in [0.4, 0.5) is 0 Å². The molecule has 0 radical (unpaired) electrons. The molecule has 12 heavy (non-hydrogen) atoms. The maximum Gasteiger partial charge on any atom is 0.161 e. The van der Waals surface area contributed by atoms with Crippen molar-refractivity contribution < 1.29 is 9.53 Å². The minimum Gasteiger partial charge on any atom is -0.498 e. The Balaban J connectivity index is 2.40. The van der Waals surface area contributed by atoms with Gasteiger partial charge in [-0.15, -0.1) is 0 Å². The zero-order chi connectivity index (χ0) is 8.97. The number of rotatable bonds is 3. The molecule has 0 heterocycles. The highest BCUT2D eigenvalue weighted by Crippen LogP contribution is 2.20. The van der Waals surface area contributed by atoms with Crippen LogP contribution in [-0.2, 0) is 9.53 Å². The molecule has 0 saturated heterocycles.